The molecule has 1 aromatic carbocycles. The Balaban J connectivity index is 1.70. The maximum Gasteiger partial charge on any atom is 0.419 e. The van der Waals surface area contributed by atoms with Crippen LogP contribution in [0.4, 0.5) is 29.6 Å². The van der Waals surface area contributed by atoms with Crippen molar-refractivity contribution in [3.63, 3.8) is 0 Å². The van der Waals surface area contributed by atoms with Gasteiger partial charge >= 0.3 is 12.3 Å². The lowest BCUT2D eigenvalue weighted by Crippen LogP contribution is -2.50. The number of hydrogen-bond acceptors (Lipinski definition) is 6. The van der Waals surface area contributed by atoms with Gasteiger partial charge < -0.3 is 20.4 Å². The lowest BCUT2D eigenvalue weighted by Gasteiger charge is -2.36. The van der Waals surface area contributed by atoms with Crippen molar-refractivity contribution in [2.75, 3.05) is 23.8 Å². The zero-order valence-electron chi connectivity index (χ0n) is 19.4. The molecule has 0 radical (unpaired) electrons. The highest BCUT2D eigenvalue weighted by Crippen LogP contribution is 2.41. The predicted molar refractivity (Wildman–Crippen MR) is 129 cm³/mol. The summed E-state index contributed by atoms with van der Waals surface area (Å²) in [5.41, 5.74) is -0.389. The van der Waals surface area contributed by atoms with Crippen LogP contribution in [0.5, 0.6) is 0 Å². The number of amides is 1. The molecule has 3 aromatic rings. The molecule has 0 saturated carbocycles. The van der Waals surface area contributed by atoms with E-state index in [4.69, 9.17) is 16.3 Å². The van der Waals surface area contributed by atoms with Crippen LogP contribution in [-0.2, 0) is 10.9 Å². The van der Waals surface area contributed by atoms with Crippen molar-refractivity contribution in [1.29, 1.82) is 0 Å². The normalized spacial score (nSPS) is 17.9. The number of benzene rings is 1. The van der Waals surface area contributed by atoms with Crippen molar-refractivity contribution in [3.05, 3.63) is 35.1 Å². The zero-order valence-corrected chi connectivity index (χ0v) is 20.2. The van der Waals surface area contributed by atoms with Crippen LogP contribution in [0.15, 0.2) is 24.5 Å². The Bertz CT molecular complexity index is 1230. The minimum Gasteiger partial charge on any atom is -0.450 e. The molecule has 2 aromatic heterocycles. The molecule has 1 saturated heterocycles. The number of carbonyl (C=O) groups is 1. The van der Waals surface area contributed by atoms with Gasteiger partial charge in [0.25, 0.3) is 0 Å². The van der Waals surface area contributed by atoms with E-state index in [9.17, 15) is 18.0 Å². The summed E-state index contributed by atoms with van der Waals surface area (Å²) in [4.78, 5) is 22.9. The van der Waals surface area contributed by atoms with Crippen LogP contribution in [0, 0.1) is 0 Å². The van der Waals surface area contributed by atoms with Gasteiger partial charge in [-0.1, -0.05) is 11.6 Å². The summed E-state index contributed by atoms with van der Waals surface area (Å²) in [6.07, 6.45) is -1.41. The Labute approximate surface area is 205 Å². The lowest BCUT2D eigenvalue weighted by molar-refractivity contribution is -0.137. The van der Waals surface area contributed by atoms with Crippen LogP contribution in [0.25, 0.3) is 22.2 Å². The maximum atomic E-state index is 13.9. The standard InChI is InChI=1S/C23H26ClF3N6O2/c1-4-35-21(34)32-16-6-5-13-14(10-28-19(13)17(16)24)18-15(23(25,26)27)11-29-20(33-18)31-12-7-8-22(2,3)30-9-12/h5-6,10-12,28,30H,4,7-9H2,1-3H3,(H,32,34)(H,29,31,33). The molecular formula is C23H26ClF3N6O2. The number of nitrogens with zero attached hydrogens (tertiary/aromatic N) is 2. The van der Waals surface area contributed by atoms with Crippen molar-refractivity contribution >= 4 is 40.2 Å². The van der Waals surface area contributed by atoms with E-state index in [-0.39, 0.29) is 46.1 Å². The van der Waals surface area contributed by atoms with E-state index < -0.39 is 17.8 Å². The number of ether oxygens (including phenoxy) is 1. The van der Waals surface area contributed by atoms with Crippen LogP contribution in [0.2, 0.25) is 5.02 Å². The first-order valence-corrected chi connectivity index (χ1v) is 11.6. The quantitative estimate of drug-likeness (QED) is 0.345. The Morgan fingerprint density at radius 2 is 2.11 bits per heavy atom. The number of anilines is 2. The third kappa shape index (κ3) is 5.46. The molecule has 35 heavy (non-hydrogen) atoms. The predicted octanol–water partition coefficient (Wildman–Crippen LogP) is 5.81. The Hall–Kier alpha value is -3.05. The van der Waals surface area contributed by atoms with Gasteiger partial charge in [-0.2, -0.15) is 13.2 Å². The molecule has 0 bridgehead atoms. The first-order valence-electron chi connectivity index (χ1n) is 11.2. The second-order valence-electron chi connectivity index (χ2n) is 9.00. The van der Waals surface area contributed by atoms with Gasteiger partial charge in [-0.25, -0.2) is 14.8 Å². The third-order valence-corrected chi connectivity index (χ3v) is 6.33. The second-order valence-corrected chi connectivity index (χ2v) is 9.37. The number of nitrogens with one attached hydrogen (secondary N) is 4. The molecule has 1 fully saturated rings. The van der Waals surface area contributed by atoms with Gasteiger partial charge in [-0.15, -0.1) is 0 Å². The van der Waals surface area contributed by atoms with E-state index in [1.165, 1.54) is 12.3 Å². The number of carbonyl (C=O) groups excluding carboxylic acids is 1. The molecule has 4 N–H and O–H groups in total. The van der Waals surface area contributed by atoms with Gasteiger partial charge in [-0.3, -0.25) is 5.32 Å². The molecule has 8 nitrogen and oxygen atoms in total. The minimum atomic E-state index is -4.66. The van der Waals surface area contributed by atoms with Gasteiger partial charge in [0.2, 0.25) is 5.95 Å². The number of aromatic nitrogens is 3. The zero-order chi connectivity index (χ0) is 25.4. The topological polar surface area (TPSA) is 104 Å². The van der Waals surface area contributed by atoms with Crippen molar-refractivity contribution < 1.29 is 22.7 Å². The van der Waals surface area contributed by atoms with E-state index in [1.807, 2.05) is 0 Å². The second kappa shape index (κ2) is 9.54. The first kappa shape index (κ1) is 25.1. The van der Waals surface area contributed by atoms with E-state index in [2.05, 4.69) is 44.7 Å². The molecule has 1 aliphatic rings. The summed E-state index contributed by atoms with van der Waals surface area (Å²) in [7, 11) is 0. The fourth-order valence-corrected chi connectivity index (χ4v) is 4.29. The number of rotatable bonds is 5. The fraction of sp³-hybridized carbons (Fsp3) is 0.435. The molecular weight excluding hydrogens is 485 g/mol. The summed E-state index contributed by atoms with van der Waals surface area (Å²) < 4.78 is 46.5. The molecule has 1 unspecified atom stereocenters. The highest BCUT2D eigenvalue weighted by Gasteiger charge is 2.36. The van der Waals surface area contributed by atoms with E-state index >= 15 is 0 Å². The van der Waals surface area contributed by atoms with Crippen molar-refractivity contribution in [3.8, 4) is 11.3 Å². The molecule has 3 heterocycles. The van der Waals surface area contributed by atoms with Crippen molar-refractivity contribution in [2.24, 2.45) is 0 Å². The molecule has 1 atom stereocenters. The van der Waals surface area contributed by atoms with Gasteiger partial charge in [-0.05, 0) is 45.7 Å². The van der Waals surface area contributed by atoms with Crippen molar-refractivity contribution in [1.82, 2.24) is 20.3 Å². The summed E-state index contributed by atoms with van der Waals surface area (Å²) in [5, 5.41) is 9.63. The highest BCUT2D eigenvalue weighted by atomic mass is 35.5. The van der Waals surface area contributed by atoms with Gasteiger partial charge in [0.15, 0.2) is 0 Å². The van der Waals surface area contributed by atoms with Crippen LogP contribution >= 0.6 is 11.6 Å². The molecule has 1 amide bonds. The van der Waals surface area contributed by atoms with Crippen LogP contribution in [-0.4, -0.2) is 45.8 Å². The van der Waals surface area contributed by atoms with Crippen LogP contribution in [0.3, 0.4) is 0 Å². The number of fused-ring (bicyclic) bond motifs is 1. The lowest BCUT2D eigenvalue weighted by atomic mass is 9.91. The number of H-pyrrole nitrogens is 1. The van der Waals surface area contributed by atoms with Gasteiger partial charge in [0.1, 0.15) is 5.56 Å². The number of halogens is 4. The Morgan fingerprint density at radius 3 is 2.77 bits per heavy atom. The summed E-state index contributed by atoms with van der Waals surface area (Å²) in [5.74, 6) is 0.112. The average molecular weight is 511 g/mol. The maximum absolute atomic E-state index is 13.9. The molecule has 4 rings (SSSR count). The van der Waals surface area contributed by atoms with Crippen molar-refractivity contribution in [2.45, 2.75) is 51.4 Å². The number of hydrogen-bond donors (Lipinski definition) is 4. The molecule has 1 aliphatic heterocycles. The summed E-state index contributed by atoms with van der Waals surface area (Å²) in [6, 6.07) is 3.06. The fourth-order valence-electron chi connectivity index (χ4n) is 4.03. The molecule has 188 valence electrons. The third-order valence-electron chi connectivity index (χ3n) is 5.93. The van der Waals surface area contributed by atoms with Gasteiger partial charge in [0, 0.05) is 41.5 Å². The largest absolute Gasteiger partial charge is 0.450 e. The Kier molecular flexibility index (Phi) is 6.83. The van der Waals surface area contributed by atoms with Gasteiger partial charge in [0.05, 0.1) is 28.5 Å². The Morgan fingerprint density at radius 1 is 1.34 bits per heavy atom. The SMILES string of the molecule is CCOC(=O)Nc1ccc2c(-c3nc(NC4CCC(C)(C)NC4)ncc3C(F)(F)F)c[nH]c2c1Cl. The van der Waals surface area contributed by atoms with Crippen LogP contribution < -0.4 is 16.0 Å². The first-order chi connectivity index (χ1) is 16.5. The van der Waals surface area contributed by atoms with Crippen LogP contribution in [0.1, 0.15) is 39.2 Å². The monoisotopic (exact) mass is 510 g/mol. The number of piperidine rings is 1. The summed E-state index contributed by atoms with van der Waals surface area (Å²) >= 11 is 6.42. The number of alkyl halides is 3. The molecule has 0 spiro atoms. The molecule has 12 heteroatoms. The minimum absolute atomic E-state index is 0.00857. The molecule has 0 aliphatic carbocycles. The average Bonchev–Trinajstić information content (AvgIpc) is 3.21. The smallest absolute Gasteiger partial charge is 0.419 e. The number of aromatic amines is 1. The van der Waals surface area contributed by atoms with E-state index in [1.54, 1.807) is 13.0 Å². The van der Waals surface area contributed by atoms with E-state index in [0.717, 1.165) is 19.0 Å². The highest BCUT2D eigenvalue weighted by molar-refractivity contribution is 6.38. The van der Waals surface area contributed by atoms with E-state index in [0.29, 0.717) is 17.4 Å². The summed E-state index contributed by atoms with van der Waals surface area (Å²) in [6.45, 7) is 6.69.